The third-order valence-corrected chi connectivity index (χ3v) is 4.48. The normalized spacial score (nSPS) is 12.1. The number of nitrogens with one attached hydrogen (secondary N) is 1. The Hall–Kier alpha value is -0.960. The van der Waals surface area contributed by atoms with Crippen LogP contribution in [0.3, 0.4) is 0 Å². The zero-order valence-corrected chi connectivity index (χ0v) is 13.5. The van der Waals surface area contributed by atoms with Crippen molar-refractivity contribution in [1.82, 2.24) is 5.32 Å². The van der Waals surface area contributed by atoms with Crippen LogP contribution in [0, 0.1) is 5.92 Å². The van der Waals surface area contributed by atoms with Gasteiger partial charge in [-0.2, -0.15) is 0 Å². The average molecular weight is 293 g/mol. The molecule has 1 rings (SSSR count). The topological polar surface area (TPSA) is 29.1 Å². The van der Waals surface area contributed by atoms with Crippen LogP contribution in [0.2, 0.25) is 0 Å². The van der Waals surface area contributed by atoms with Crippen molar-refractivity contribution >= 4 is 17.7 Å². The first-order valence-corrected chi connectivity index (χ1v) is 8.80. The Balaban J connectivity index is 2.13. The van der Waals surface area contributed by atoms with Crippen LogP contribution in [0.4, 0.5) is 0 Å². The standard InChI is InChI=1S/C17H27NOS/c1-3-5-9-15(4-2)12-18-17(19)14-20-13-16-10-7-6-8-11-16/h6-8,10-11,15H,3-5,9,12-14H2,1-2H3,(H,18,19)/t15-/m1/s1. The molecule has 1 aromatic rings. The number of unbranched alkanes of at least 4 members (excludes halogenated alkanes) is 1. The van der Waals surface area contributed by atoms with Crippen molar-refractivity contribution in [3.63, 3.8) is 0 Å². The zero-order chi connectivity index (χ0) is 14.6. The maximum atomic E-state index is 11.8. The molecule has 2 nitrogen and oxygen atoms in total. The van der Waals surface area contributed by atoms with Gasteiger partial charge in [0.2, 0.25) is 5.91 Å². The zero-order valence-electron chi connectivity index (χ0n) is 12.7. The second kappa shape index (κ2) is 10.8. The molecule has 1 amide bonds. The molecule has 0 radical (unpaired) electrons. The fourth-order valence-electron chi connectivity index (χ4n) is 2.09. The third kappa shape index (κ3) is 7.59. The minimum atomic E-state index is 0.167. The summed E-state index contributed by atoms with van der Waals surface area (Å²) in [5, 5.41) is 3.07. The number of hydrogen-bond donors (Lipinski definition) is 1. The van der Waals surface area contributed by atoms with E-state index in [2.05, 4.69) is 31.3 Å². The van der Waals surface area contributed by atoms with Gasteiger partial charge < -0.3 is 5.32 Å². The molecule has 112 valence electrons. The number of benzene rings is 1. The van der Waals surface area contributed by atoms with Gasteiger partial charge in [0.05, 0.1) is 5.75 Å². The first-order valence-electron chi connectivity index (χ1n) is 7.64. The smallest absolute Gasteiger partial charge is 0.230 e. The van der Waals surface area contributed by atoms with Crippen LogP contribution in [0.25, 0.3) is 0 Å². The van der Waals surface area contributed by atoms with Crippen molar-refractivity contribution < 1.29 is 4.79 Å². The molecule has 3 heteroatoms. The maximum absolute atomic E-state index is 11.8. The van der Waals surface area contributed by atoms with Gasteiger partial charge in [-0.25, -0.2) is 0 Å². The second-order valence-corrected chi connectivity index (χ2v) is 6.18. The Kier molecular flexibility index (Phi) is 9.22. The molecule has 1 aromatic carbocycles. The summed E-state index contributed by atoms with van der Waals surface area (Å²) in [6.45, 7) is 5.25. The molecule has 0 saturated carbocycles. The van der Waals surface area contributed by atoms with Gasteiger partial charge >= 0.3 is 0 Å². The number of thioether (sulfide) groups is 1. The van der Waals surface area contributed by atoms with E-state index in [1.807, 2.05) is 18.2 Å². The van der Waals surface area contributed by atoms with E-state index in [0.29, 0.717) is 11.7 Å². The molecule has 0 aliphatic heterocycles. The Bertz CT molecular complexity index is 367. The summed E-state index contributed by atoms with van der Waals surface area (Å²) in [7, 11) is 0. The number of rotatable bonds is 10. The SMILES string of the molecule is CCCC[C@@H](CC)CNC(=O)CSCc1ccccc1. The summed E-state index contributed by atoms with van der Waals surface area (Å²) in [5.74, 6) is 2.26. The van der Waals surface area contributed by atoms with Gasteiger partial charge in [0.25, 0.3) is 0 Å². The van der Waals surface area contributed by atoms with Crippen molar-refractivity contribution in [3.8, 4) is 0 Å². The van der Waals surface area contributed by atoms with E-state index in [-0.39, 0.29) is 5.91 Å². The minimum Gasteiger partial charge on any atom is -0.355 e. The van der Waals surface area contributed by atoms with Gasteiger partial charge in [-0.05, 0) is 17.9 Å². The molecule has 0 heterocycles. The van der Waals surface area contributed by atoms with E-state index in [1.54, 1.807) is 11.8 Å². The lowest BCUT2D eigenvalue weighted by Gasteiger charge is -2.15. The molecular formula is C17H27NOS. The molecule has 0 unspecified atom stereocenters. The molecule has 0 aromatic heterocycles. The Morgan fingerprint density at radius 1 is 1.25 bits per heavy atom. The van der Waals surface area contributed by atoms with Gasteiger partial charge in [-0.15, -0.1) is 11.8 Å². The fraction of sp³-hybridized carbons (Fsp3) is 0.588. The predicted octanol–water partition coefficient (Wildman–Crippen LogP) is 4.25. The number of carbonyl (C=O) groups is 1. The molecule has 0 aliphatic carbocycles. The van der Waals surface area contributed by atoms with Crippen molar-refractivity contribution in [2.45, 2.75) is 45.3 Å². The van der Waals surface area contributed by atoms with Crippen molar-refractivity contribution in [2.24, 2.45) is 5.92 Å². The lowest BCUT2D eigenvalue weighted by Crippen LogP contribution is -2.30. The lowest BCUT2D eigenvalue weighted by atomic mass is 9.99. The summed E-state index contributed by atoms with van der Waals surface area (Å²) in [6, 6.07) is 10.3. The van der Waals surface area contributed by atoms with E-state index in [0.717, 1.165) is 18.7 Å². The third-order valence-electron chi connectivity index (χ3n) is 3.48. The van der Waals surface area contributed by atoms with Crippen LogP contribution in [-0.4, -0.2) is 18.2 Å². The van der Waals surface area contributed by atoms with Crippen LogP contribution in [0.5, 0.6) is 0 Å². The van der Waals surface area contributed by atoms with Crippen LogP contribution in [0.15, 0.2) is 30.3 Å². The highest BCUT2D eigenvalue weighted by Crippen LogP contribution is 2.13. The second-order valence-electron chi connectivity index (χ2n) is 5.20. The number of amides is 1. The van der Waals surface area contributed by atoms with Crippen molar-refractivity contribution in [3.05, 3.63) is 35.9 Å². The summed E-state index contributed by atoms with van der Waals surface area (Å²) < 4.78 is 0. The quantitative estimate of drug-likeness (QED) is 0.698. The maximum Gasteiger partial charge on any atom is 0.230 e. The van der Waals surface area contributed by atoms with Crippen molar-refractivity contribution in [2.75, 3.05) is 12.3 Å². The summed E-state index contributed by atoms with van der Waals surface area (Å²) >= 11 is 1.68. The first kappa shape index (κ1) is 17.1. The van der Waals surface area contributed by atoms with E-state index in [4.69, 9.17) is 0 Å². The van der Waals surface area contributed by atoms with Gasteiger partial charge in [-0.3, -0.25) is 4.79 Å². The van der Waals surface area contributed by atoms with Crippen LogP contribution >= 0.6 is 11.8 Å². The Morgan fingerprint density at radius 2 is 2.00 bits per heavy atom. The van der Waals surface area contributed by atoms with Gasteiger partial charge in [0.15, 0.2) is 0 Å². The van der Waals surface area contributed by atoms with Crippen molar-refractivity contribution in [1.29, 1.82) is 0 Å². The average Bonchev–Trinajstić information content (AvgIpc) is 2.48. The number of hydrogen-bond acceptors (Lipinski definition) is 2. The summed E-state index contributed by atoms with van der Waals surface area (Å²) in [4.78, 5) is 11.8. The van der Waals surface area contributed by atoms with Gasteiger partial charge in [0, 0.05) is 12.3 Å². The van der Waals surface area contributed by atoms with E-state index >= 15 is 0 Å². The summed E-state index contributed by atoms with van der Waals surface area (Å²) in [6.07, 6.45) is 4.87. The van der Waals surface area contributed by atoms with Gasteiger partial charge in [-0.1, -0.05) is 63.4 Å². The predicted molar refractivity (Wildman–Crippen MR) is 88.9 cm³/mol. The molecule has 0 saturated heterocycles. The molecule has 0 fully saturated rings. The molecule has 0 aliphatic rings. The highest BCUT2D eigenvalue weighted by atomic mass is 32.2. The molecule has 1 atom stereocenters. The highest BCUT2D eigenvalue weighted by molar-refractivity contribution is 7.99. The molecule has 20 heavy (non-hydrogen) atoms. The minimum absolute atomic E-state index is 0.167. The van der Waals surface area contributed by atoms with E-state index in [1.165, 1.54) is 24.8 Å². The van der Waals surface area contributed by atoms with E-state index in [9.17, 15) is 4.79 Å². The summed E-state index contributed by atoms with van der Waals surface area (Å²) in [5.41, 5.74) is 1.28. The lowest BCUT2D eigenvalue weighted by molar-refractivity contribution is -0.118. The first-order chi connectivity index (χ1) is 9.76. The monoisotopic (exact) mass is 293 g/mol. The van der Waals surface area contributed by atoms with Gasteiger partial charge in [0.1, 0.15) is 0 Å². The molecule has 0 bridgehead atoms. The number of carbonyl (C=O) groups excluding carboxylic acids is 1. The Morgan fingerprint density at radius 3 is 2.65 bits per heavy atom. The highest BCUT2D eigenvalue weighted by Gasteiger charge is 2.08. The van der Waals surface area contributed by atoms with Crippen LogP contribution in [0.1, 0.15) is 45.1 Å². The van der Waals surface area contributed by atoms with Crippen LogP contribution < -0.4 is 5.32 Å². The molecule has 0 spiro atoms. The largest absolute Gasteiger partial charge is 0.355 e. The molecular weight excluding hydrogens is 266 g/mol. The van der Waals surface area contributed by atoms with E-state index < -0.39 is 0 Å². The fourth-order valence-corrected chi connectivity index (χ4v) is 2.91. The van der Waals surface area contributed by atoms with Crippen LogP contribution in [-0.2, 0) is 10.5 Å². The molecule has 1 N–H and O–H groups in total. The Labute approximate surface area is 127 Å².